The Hall–Kier alpha value is -1.04. The number of pyridine rings is 1. The van der Waals surface area contributed by atoms with Crippen molar-refractivity contribution in [2.75, 3.05) is 18.8 Å². The molecule has 1 saturated heterocycles. The second-order valence-electron chi connectivity index (χ2n) is 5.16. The van der Waals surface area contributed by atoms with Crippen LogP contribution in [0, 0.1) is 0 Å². The number of hydrogen-bond acceptors (Lipinski definition) is 4. The molecule has 1 aliphatic heterocycles. The second kappa shape index (κ2) is 7.11. The Bertz CT molecular complexity index is 450. The lowest BCUT2D eigenvalue weighted by atomic mass is 10.2. The third-order valence-corrected chi connectivity index (χ3v) is 3.64. The van der Waals surface area contributed by atoms with Crippen molar-refractivity contribution in [2.45, 2.75) is 31.3 Å². The minimum absolute atomic E-state index is 0. The highest BCUT2D eigenvalue weighted by molar-refractivity contribution is 5.92. The maximum absolute atomic E-state index is 12.0. The Morgan fingerprint density at radius 3 is 2.65 bits per heavy atom. The highest BCUT2D eigenvalue weighted by Gasteiger charge is 2.34. The number of amides is 1. The maximum Gasteiger partial charge on any atom is 0.270 e. The van der Waals surface area contributed by atoms with Crippen LogP contribution in [0.2, 0.25) is 0 Å². The van der Waals surface area contributed by atoms with Crippen LogP contribution in [0.3, 0.4) is 0 Å². The van der Waals surface area contributed by atoms with Crippen molar-refractivity contribution in [2.24, 2.45) is 0 Å². The second-order valence-corrected chi connectivity index (χ2v) is 5.16. The average molecular weight is 319 g/mol. The largest absolute Gasteiger partial charge is 0.397 e. The van der Waals surface area contributed by atoms with Crippen molar-refractivity contribution in [3.05, 3.63) is 24.0 Å². The van der Waals surface area contributed by atoms with Gasteiger partial charge in [-0.1, -0.05) is 0 Å². The van der Waals surface area contributed by atoms with Gasteiger partial charge in [0.1, 0.15) is 5.69 Å². The van der Waals surface area contributed by atoms with Crippen molar-refractivity contribution in [1.29, 1.82) is 0 Å². The van der Waals surface area contributed by atoms with Gasteiger partial charge in [0.15, 0.2) is 0 Å². The molecular weight excluding hydrogens is 299 g/mol. The number of aromatic nitrogens is 1. The monoisotopic (exact) mass is 318 g/mol. The van der Waals surface area contributed by atoms with Crippen LogP contribution in [-0.4, -0.2) is 41.0 Å². The van der Waals surface area contributed by atoms with Crippen LogP contribution < -0.4 is 11.1 Å². The van der Waals surface area contributed by atoms with E-state index in [-0.39, 0.29) is 36.8 Å². The van der Waals surface area contributed by atoms with Gasteiger partial charge in [-0.25, -0.2) is 4.98 Å². The molecular formula is C13H20Cl2N4O. The summed E-state index contributed by atoms with van der Waals surface area (Å²) in [6.45, 7) is 2.08. The number of anilines is 1. The summed E-state index contributed by atoms with van der Waals surface area (Å²) < 4.78 is 0. The normalized spacial score (nSPS) is 21.7. The molecule has 20 heavy (non-hydrogen) atoms. The predicted octanol–water partition coefficient (Wildman–Crippen LogP) is 1.47. The summed E-state index contributed by atoms with van der Waals surface area (Å²) in [5, 5.41) is 3.04. The van der Waals surface area contributed by atoms with E-state index in [4.69, 9.17) is 5.73 Å². The molecule has 2 heterocycles. The number of likely N-dealkylation sites (tertiary alicyclic amines) is 1. The van der Waals surface area contributed by atoms with Gasteiger partial charge in [-0.05, 0) is 31.4 Å². The highest BCUT2D eigenvalue weighted by atomic mass is 35.5. The molecule has 2 fully saturated rings. The Kier molecular flexibility index (Phi) is 6.05. The first-order valence-corrected chi connectivity index (χ1v) is 6.49. The van der Waals surface area contributed by atoms with Gasteiger partial charge in [0.05, 0.1) is 11.9 Å². The summed E-state index contributed by atoms with van der Waals surface area (Å²) in [6.07, 6.45) is 5.19. The molecule has 3 N–H and O–H groups in total. The van der Waals surface area contributed by atoms with Gasteiger partial charge in [0, 0.05) is 25.2 Å². The summed E-state index contributed by atoms with van der Waals surface area (Å²) >= 11 is 0. The maximum atomic E-state index is 12.0. The molecule has 1 aromatic heterocycles. The first kappa shape index (κ1) is 17.0. The van der Waals surface area contributed by atoms with E-state index in [1.807, 2.05) is 0 Å². The molecule has 5 nitrogen and oxygen atoms in total. The Labute approximate surface area is 131 Å². The predicted molar refractivity (Wildman–Crippen MR) is 83.6 cm³/mol. The van der Waals surface area contributed by atoms with Crippen LogP contribution in [0.5, 0.6) is 0 Å². The topological polar surface area (TPSA) is 71.2 Å². The molecule has 7 heteroatoms. The zero-order valence-electron chi connectivity index (χ0n) is 11.1. The van der Waals surface area contributed by atoms with Gasteiger partial charge in [0.2, 0.25) is 0 Å². The molecule has 1 aromatic rings. The van der Waals surface area contributed by atoms with Crippen LogP contribution in [0.4, 0.5) is 5.69 Å². The molecule has 0 aromatic carbocycles. The van der Waals surface area contributed by atoms with Crippen molar-refractivity contribution in [3.8, 4) is 0 Å². The lowest BCUT2D eigenvalue weighted by Gasteiger charge is -2.15. The van der Waals surface area contributed by atoms with Gasteiger partial charge in [-0.3, -0.25) is 9.69 Å². The zero-order valence-corrected chi connectivity index (χ0v) is 12.8. The number of carbonyl (C=O) groups is 1. The lowest BCUT2D eigenvalue weighted by Crippen LogP contribution is -2.37. The van der Waals surface area contributed by atoms with Gasteiger partial charge in [-0.2, -0.15) is 0 Å². The minimum atomic E-state index is -0.0994. The number of hydrogen-bond donors (Lipinski definition) is 2. The van der Waals surface area contributed by atoms with E-state index in [9.17, 15) is 4.79 Å². The smallest absolute Gasteiger partial charge is 0.270 e. The number of halogens is 2. The van der Waals surface area contributed by atoms with Crippen LogP contribution in [0.1, 0.15) is 29.8 Å². The van der Waals surface area contributed by atoms with Gasteiger partial charge in [-0.15, -0.1) is 24.8 Å². The fourth-order valence-corrected chi connectivity index (χ4v) is 2.48. The van der Waals surface area contributed by atoms with Gasteiger partial charge < -0.3 is 11.1 Å². The molecule has 0 bridgehead atoms. The molecule has 1 aliphatic carbocycles. The van der Waals surface area contributed by atoms with Crippen molar-refractivity contribution < 1.29 is 4.79 Å². The van der Waals surface area contributed by atoms with Crippen molar-refractivity contribution >= 4 is 36.4 Å². The van der Waals surface area contributed by atoms with Crippen LogP contribution >= 0.6 is 24.8 Å². The summed E-state index contributed by atoms with van der Waals surface area (Å²) in [5.74, 6) is -0.0994. The third kappa shape index (κ3) is 3.98. The highest BCUT2D eigenvalue weighted by Crippen LogP contribution is 2.29. The van der Waals surface area contributed by atoms with Crippen LogP contribution in [0.15, 0.2) is 18.3 Å². The van der Waals surface area contributed by atoms with E-state index in [1.165, 1.54) is 19.0 Å². The number of nitrogens with two attached hydrogens (primary N) is 1. The summed E-state index contributed by atoms with van der Waals surface area (Å²) in [4.78, 5) is 18.5. The summed E-state index contributed by atoms with van der Waals surface area (Å²) in [6, 6.07) is 4.41. The van der Waals surface area contributed by atoms with E-state index >= 15 is 0 Å². The van der Waals surface area contributed by atoms with E-state index < -0.39 is 0 Å². The van der Waals surface area contributed by atoms with E-state index in [0.717, 1.165) is 25.6 Å². The molecule has 112 valence electrons. The Balaban J connectivity index is 0.000001000. The molecule has 0 radical (unpaired) electrons. The fourth-order valence-electron chi connectivity index (χ4n) is 2.48. The molecule has 3 rings (SSSR count). The summed E-state index contributed by atoms with van der Waals surface area (Å²) in [7, 11) is 0. The number of nitrogens with zero attached hydrogens (tertiary/aromatic N) is 2. The molecule has 0 spiro atoms. The number of nitrogens with one attached hydrogen (secondary N) is 1. The van der Waals surface area contributed by atoms with E-state index in [2.05, 4.69) is 15.2 Å². The number of nitrogen functional groups attached to an aromatic ring is 1. The first-order chi connectivity index (χ1) is 8.72. The SMILES string of the molecule is Cl.Cl.Nc1ccc(C(=O)NC2CCN(C3CC3)C2)nc1. The van der Waals surface area contributed by atoms with E-state index in [0.29, 0.717) is 11.4 Å². The van der Waals surface area contributed by atoms with Crippen molar-refractivity contribution in [1.82, 2.24) is 15.2 Å². The zero-order chi connectivity index (χ0) is 12.5. The fraction of sp³-hybridized carbons (Fsp3) is 0.538. The molecule has 1 unspecified atom stereocenters. The van der Waals surface area contributed by atoms with Gasteiger partial charge in [0.25, 0.3) is 5.91 Å². The summed E-state index contributed by atoms with van der Waals surface area (Å²) in [5.41, 5.74) is 6.56. The quantitative estimate of drug-likeness (QED) is 0.885. The molecule has 1 amide bonds. The molecule has 1 saturated carbocycles. The third-order valence-electron chi connectivity index (χ3n) is 3.64. The average Bonchev–Trinajstić information content (AvgIpc) is 3.11. The van der Waals surface area contributed by atoms with Crippen molar-refractivity contribution in [3.63, 3.8) is 0 Å². The minimum Gasteiger partial charge on any atom is -0.397 e. The van der Waals surface area contributed by atoms with Gasteiger partial charge >= 0.3 is 0 Å². The van der Waals surface area contributed by atoms with Crippen LogP contribution in [-0.2, 0) is 0 Å². The first-order valence-electron chi connectivity index (χ1n) is 6.49. The standard InChI is InChI=1S/C13H18N4O.2ClH/c14-9-1-4-12(15-7-9)13(18)16-10-5-6-17(8-10)11-2-3-11;;/h1,4,7,10-11H,2-3,5-6,8,14H2,(H,16,18);2*1H. The Morgan fingerprint density at radius 2 is 2.05 bits per heavy atom. The van der Waals surface area contributed by atoms with Crippen LogP contribution in [0.25, 0.3) is 0 Å². The number of carbonyl (C=O) groups excluding carboxylic acids is 1. The lowest BCUT2D eigenvalue weighted by molar-refractivity contribution is 0.0932. The number of rotatable bonds is 3. The molecule has 1 atom stereocenters. The molecule has 2 aliphatic rings. The Morgan fingerprint density at radius 1 is 1.30 bits per heavy atom. The van der Waals surface area contributed by atoms with E-state index in [1.54, 1.807) is 12.1 Å².